The van der Waals surface area contributed by atoms with E-state index in [4.69, 9.17) is 5.73 Å². The summed E-state index contributed by atoms with van der Waals surface area (Å²) in [5.41, 5.74) is 5.18. The number of ketones is 2. The van der Waals surface area contributed by atoms with Gasteiger partial charge in [0, 0.05) is 31.1 Å². The van der Waals surface area contributed by atoms with E-state index in [0.29, 0.717) is 5.56 Å². The first-order chi connectivity index (χ1) is 20.7. The minimum Gasteiger partial charge on any atom is -0.508 e. The molecule has 3 aliphatic rings. The van der Waals surface area contributed by atoms with Crippen LogP contribution in [0, 0.1) is 11.8 Å². The Morgan fingerprint density at radius 1 is 1.02 bits per heavy atom. The molecule has 44 heavy (non-hydrogen) atoms. The lowest BCUT2D eigenvalue weighted by molar-refractivity contribution is -0.153. The third-order valence-electron chi connectivity index (χ3n) is 9.22. The second-order valence-electron chi connectivity index (χ2n) is 12.7. The molecule has 11 nitrogen and oxygen atoms in total. The molecule has 0 unspecified atom stereocenters. The number of benzene rings is 2. The molecule has 11 heteroatoms. The molecule has 6 N–H and O–H groups in total. The van der Waals surface area contributed by atoms with Gasteiger partial charge in [-0.2, -0.15) is 0 Å². The van der Waals surface area contributed by atoms with Crippen LogP contribution in [0.1, 0.15) is 23.1 Å². The maximum atomic E-state index is 14.1. The minimum atomic E-state index is -2.66. The average molecular weight is 605 g/mol. The number of hydrogen-bond donors (Lipinski definition) is 5. The third-order valence-corrected chi connectivity index (χ3v) is 9.22. The zero-order valence-electron chi connectivity index (χ0n) is 25.7. The lowest BCUT2D eigenvalue weighted by Gasteiger charge is -2.50. The highest BCUT2D eigenvalue weighted by atomic mass is 16.3. The molecule has 1 saturated carbocycles. The fourth-order valence-electron chi connectivity index (χ4n) is 7.11. The minimum absolute atomic E-state index is 0.0393. The first kappa shape index (κ1) is 31.4. The summed E-state index contributed by atoms with van der Waals surface area (Å²) < 4.78 is 0. The van der Waals surface area contributed by atoms with Gasteiger partial charge in [0.25, 0.3) is 5.91 Å². The molecule has 2 aromatic rings. The number of carbonyl (C=O) groups excluding carboxylic acids is 3. The van der Waals surface area contributed by atoms with Gasteiger partial charge >= 0.3 is 0 Å². The maximum Gasteiger partial charge on any atom is 0.255 e. The van der Waals surface area contributed by atoms with Crippen LogP contribution in [0.4, 0.5) is 0 Å². The van der Waals surface area contributed by atoms with E-state index in [1.54, 1.807) is 20.2 Å². The first-order valence-electron chi connectivity index (χ1n) is 14.6. The summed E-state index contributed by atoms with van der Waals surface area (Å²) in [4.78, 5) is 45.4. The van der Waals surface area contributed by atoms with Crippen LogP contribution in [-0.2, 0) is 27.3 Å². The predicted molar refractivity (Wildman–Crippen MR) is 165 cm³/mol. The molecule has 0 saturated heterocycles. The highest BCUT2D eigenvalue weighted by Gasteiger charge is 2.64. The number of hydrogen-bond acceptors (Lipinski definition) is 10. The van der Waals surface area contributed by atoms with Gasteiger partial charge in [0.2, 0.25) is 5.78 Å². The topological polar surface area (TPSA) is 168 Å². The Kier molecular flexibility index (Phi) is 8.19. The smallest absolute Gasteiger partial charge is 0.255 e. The monoisotopic (exact) mass is 604 g/mol. The van der Waals surface area contributed by atoms with E-state index in [0.717, 1.165) is 36.3 Å². The van der Waals surface area contributed by atoms with Crippen molar-refractivity contribution in [1.29, 1.82) is 0 Å². The molecule has 0 aromatic heterocycles. The second-order valence-corrected chi connectivity index (χ2v) is 12.7. The third kappa shape index (κ3) is 4.99. The first-order valence-corrected chi connectivity index (χ1v) is 14.6. The largest absolute Gasteiger partial charge is 0.508 e. The predicted octanol–water partition coefficient (Wildman–Crippen LogP) is 1.62. The Labute approximate surface area is 256 Å². The van der Waals surface area contributed by atoms with E-state index in [2.05, 4.69) is 22.9 Å². The number of nitrogens with two attached hydrogens (primary N) is 1. The number of aliphatic hydroxyl groups excluding tert-OH is 2. The average Bonchev–Trinajstić information content (AvgIpc) is 2.93. The number of aliphatic hydroxyl groups is 3. The highest BCUT2D eigenvalue weighted by Crippen LogP contribution is 2.53. The van der Waals surface area contributed by atoms with Gasteiger partial charge in [-0.3, -0.25) is 19.3 Å². The summed E-state index contributed by atoms with van der Waals surface area (Å²) >= 11 is 0. The Bertz CT molecular complexity index is 1610. The van der Waals surface area contributed by atoms with Crippen LogP contribution in [0.25, 0.3) is 16.9 Å². The number of amides is 1. The quantitative estimate of drug-likeness (QED) is 0.279. The molecule has 4 atom stereocenters. The number of phenolic OH excluding ortho intramolecular Hbond substituents is 1. The number of fused-ring (bicyclic) bond motifs is 3. The number of aromatic hydroxyl groups is 1. The second kappa shape index (κ2) is 11.5. The van der Waals surface area contributed by atoms with Crippen molar-refractivity contribution in [2.75, 3.05) is 48.3 Å². The zero-order chi connectivity index (χ0) is 32.2. The maximum absolute atomic E-state index is 14.1. The summed E-state index contributed by atoms with van der Waals surface area (Å²) in [6.45, 7) is 2.53. The van der Waals surface area contributed by atoms with Gasteiger partial charge in [0.05, 0.1) is 11.6 Å². The molecule has 0 aliphatic heterocycles. The highest BCUT2D eigenvalue weighted by molar-refractivity contribution is 6.24. The van der Waals surface area contributed by atoms with E-state index < -0.39 is 58.0 Å². The number of likely N-dealkylation sites (N-methyl/N-ethyl adjacent to an activating group) is 3. The van der Waals surface area contributed by atoms with Gasteiger partial charge in [-0.15, -0.1) is 0 Å². The zero-order valence-corrected chi connectivity index (χ0v) is 25.7. The van der Waals surface area contributed by atoms with E-state index >= 15 is 0 Å². The van der Waals surface area contributed by atoms with Crippen molar-refractivity contribution < 1.29 is 34.8 Å². The van der Waals surface area contributed by atoms with E-state index in [1.807, 2.05) is 32.3 Å². The Morgan fingerprint density at radius 2 is 1.73 bits per heavy atom. The van der Waals surface area contributed by atoms with E-state index in [-0.39, 0.29) is 29.7 Å². The summed E-state index contributed by atoms with van der Waals surface area (Å²) in [6.07, 6.45) is 0.267. The Morgan fingerprint density at radius 3 is 2.36 bits per heavy atom. The summed E-state index contributed by atoms with van der Waals surface area (Å²) in [7, 11) is 9.27. The molecule has 1 fully saturated rings. The van der Waals surface area contributed by atoms with E-state index in [9.17, 15) is 34.8 Å². The summed E-state index contributed by atoms with van der Waals surface area (Å²) in [5.74, 6) is -6.66. The number of phenols is 1. The van der Waals surface area contributed by atoms with Crippen molar-refractivity contribution in [2.24, 2.45) is 17.6 Å². The number of nitrogens with zero attached hydrogens (tertiary/aromatic N) is 3. The van der Waals surface area contributed by atoms with Crippen LogP contribution in [-0.4, -0.2) is 113 Å². The number of carbonyl (C=O) groups is 3. The number of primary amides is 1. The van der Waals surface area contributed by atoms with Crippen molar-refractivity contribution in [3.8, 4) is 16.9 Å². The van der Waals surface area contributed by atoms with Gasteiger partial charge in [-0.05, 0) is 88.4 Å². The molecule has 5 rings (SSSR count). The SMILES string of the molecule is CN(C)CCN(C)Cc1cccc(-c2ccc(O)c3c2C[C@H]2C[C@H]4[C@H](N(C)C)C(=O)C(C(N)=O)=C(O)[C@@]4(O)C(=O)C2=C3O)c1. The lowest BCUT2D eigenvalue weighted by atomic mass is 9.57. The van der Waals surface area contributed by atoms with Crippen LogP contribution >= 0.6 is 0 Å². The molecule has 2 aromatic carbocycles. The van der Waals surface area contributed by atoms with Gasteiger partial charge in [-0.1, -0.05) is 24.3 Å². The Hall–Kier alpha value is -4.03. The van der Waals surface area contributed by atoms with Crippen LogP contribution in [0.15, 0.2) is 53.3 Å². The molecule has 234 valence electrons. The van der Waals surface area contributed by atoms with Gasteiger partial charge < -0.3 is 36.0 Å². The van der Waals surface area contributed by atoms with Crippen molar-refractivity contribution in [1.82, 2.24) is 14.7 Å². The normalized spacial score (nSPS) is 25.1. The lowest BCUT2D eigenvalue weighted by Crippen LogP contribution is -2.65. The molecule has 1 amide bonds. The van der Waals surface area contributed by atoms with Crippen molar-refractivity contribution in [3.63, 3.8) is 0 Å². The fourth-order valence-corrected chi connectivity index (χ4v) is 7.11. The molecule has 0 spiro atoms. The van der Waals surface area contributed by atoms with Crippen molar-refractivity contribution >= 4 is 23.2 Å². The van der Waals surface area contributed by atoms with Crippen LogP contribution < -0.4 is 5.73 Å². The molecular formula is C33H40N4O7. The van der Waals surface area contributed by atoms with Crippen molar-refractivity contribution in [2.45, 2.75) is 31.0 Å². The fraction of sp³-hybridized carbons (Fsp3) is 0.424. The molecule has 0 radical (unpaired) electrons. The summed E-state index contributed by atoms with van der Waals surface area (Å²) in [6, 6.07) is 10.1. The van der Waals surface area contributed by atoms with Crippen molar-refractivity contribution in [3.05, 3.63) is 70.0 Å². The van der Waals surface area contributed by atoms with Crippen LogP contribution in [0.2, 0.25) is 0 Å². The molecular weight excluding hydrogens is 564 g/mol. The molecule has 0 heterocycles. The van der Waals surface area contributed by atoms with Gasteiger partial charge in [-0.25, -0.2) is 0 Å². The van der Waals surface area contributed by atoms with Gasteiger partial charge in [0.1, 0.15) is 22.8 Å². The number of Topliss-reactive ketones (excluding diaryl/α,β-unsaturated/α-hetero) is 2. The van der Waals surface area contributed by atoms with Crippen LogP contribution in [0.5, 0.6) is 5.75 Å². The molecule has 0 bridgehead atoms. The number of rotatable bonds is 8. The standard InChI is InChI=1S/C33H40N4O7/c1-35(2)11-12-37(5)16-17-7-6-8-18(13-17)20-9-10-23(38)25-21(20)14-19-15-22-27(36(3)4)29(40)26(32(34)43)31(42)33(22,44)30(41)24(19)28(25)39/h6-10,13,19,22,27,38-39,42,44H,11-12,14-16H2,1-5H3,(H2,34,43)/t19-,22-,27-,33-/m0/s1. The van der Waals surface area contributed by atoms with E-state index in [1.165, 1.54) is 11.0 Å². The van der Waals surface area contributed by atoms with Gasteiger partial charge in [0.15, 0.2) is 11.4 Å². The summed E-state index contributed by atoms with van der Waals surface area (Å²) in [5, 5.41) is 45.3. The Balaban J connectivity index is 1.60. The molecule has 3 aliphatic carbocycles. The van der Waals surface area contributed by atoms with Crippen LogP contribution in [0.3, 0.4) is 0 Å².